The van der Waals surface area contributed by atoms with Crippen molar-refractivity contribution >= 4 is 40.8 Å². The third kappa shape index (κ3) is 8.60. The fourth-order valence-electron chi connectivity index (χ4n) is 4.98. The number of hydrogen-bond donors (Lipinski definition) is 3. The molecule has 1 heterocycles. The minimum atomic E-state index is -1.18. The van der Waals surface area contributed by atoms with Gasteiger partial charge in [-0.05, 0) is 48.6 Å². The number of phenolic OH excluding ortho intramolecular Hbond substituents is 1. The smallest absolute Gasteiger partial charge is 0.508 e. The first-order valence-corrected chi connectivity index (χ1v) is 14.7. The van der Waals surface area contributed by atoms with E-state index in [0.29, 0.717) is 17.5 Å². The van der Waals surface area contributed by atoms with E-state index in [1.165, 1.54) is 30.0 Å². The topological polar surface area (TPSA) is 160 Å². The number of thioether (sulfide) groups is 1. The van der Waals surface area contributed by atoms with E-state index in [1.54, 1.807) is 30.3 Å². The number of nitrogens with zero attached hydrogens (tertiary/aromatic N) is 1. The number of carbonyl (C=O) groups is 5. The zero-order valence-corrected chi connectivity index (χ0v) is 24.7. The Morgan fingerprint density at radius 3 is 2.27 bits per heavy atom. The normalized spacial score (nSPS) is 16.5. The Kier molecular flexibility index (Phi) is 11.0. The molecule has 1 saturated heterocycles. The molecule has 1 aliphatic heterocycles. The van der Waals surface area contributed by atoms with Crippen molar-refractivity contribution in [3.63, 3.8) is 0 Å². The molecule has 0 bridgehead atoms. The van der Waals surface area contributed by atoms with Crippen LogP contribution in [0.4, 0.5) is 4.79 Å². The van der Waals surface area contributed by atoms with Crippen LogP contribution in [0.1, 0.15) is 42.5 Å². The maximum Gasteiger partial charge on any atom is 0.514 e. The number of carboxylic acid groups (broad SMARTS) is 1. The van der Waals surface area contributed by atoms with Crippen LogP contribution in [0.2, 0.25) is 0 Å². The average molecular weight is 621 g/mol. The summed E-state index contributed by atoms with van der Waals surface area (Å²) < 4.78 is 10.3. The summed E-state index contributed by atoms with van der Waals surface area (Å²) in [4.78, 5) is 63.5. The highest BCUT2D eigenvalue weighted by Crippen LogP contribution is 2.39. The van der Waals surface area contributed by atoms with Crippen LogP contribution < -0.4 is 10.1 Å². The number of benzene rings is 3. The molecular weight excluding hydrogens is 588 g/mol. The predicted octanol–water partition coefficient (Wildman–Crippen LogP) is 4.23. The molecule has 0 spiro atoms. The summed E-state index contributed by atoms with van der Waals surface area (Å²) in [5, 5.41) is 21.4. The summed E-state index contributed by atoms with van der Waals surface area (Å²) in [6.07, 6.45) is -0.211. The summed E-state index contributed by atoms with van der Waals surface area (Å²) in [7, 11) is 0. The second kappa shape index (κ2) is 15.1. The molecule has 11 nitrogen and oxygen atoms in total. The van der Waals surface area contributed by atoms with Crippen molar-refractivity contribution in [3.05, 3.63) is 95.6 Å². The Morgan fingerprint density at radius 2 is 1.61 bits per heavy atom. The van der Waals surface area contributed by atoms with Crippen molar-refractivity contribution in [2.75, 3.05) is 6.54 Å². The van der Waals surface area contributed by atoms with Crippen LogP contribution in [-0.2, 0) is 36.9 Å². The summed E-state index contributed by atoms with van der Waals surface area (Å²) in [6.45, 7) is 0.898. The Bertz CT molecular complexity index is 1500. The number of carbonyl (C=O) groups excluding carboxylic acids is 4. The largest absolute Gasteiger partial charge is 0.514 e. The van der Waals surface area contributed by atoms with E-state index in [1.807, 2.05) is 30.3 Å². The van der Waals surface area contributed by atoms with Gasteiger partial charge in [0.2, 0.25) is 11.8 Å². The monoisotopic (exact) mass is 620 g/mol. The van der Waals surface area contributed by atoms with E-state index in [0.717, 1.165) is 17.3 Å². The second-order valence-corrected chi connectivity index (χ2v) is 11.5. The standard InChI is InChI=1S/C32H32N2O9S/c1-20(35)44-28(17-21-11-13-23(14-12-21)43-32(41)42-19-22-7-3-2-4-8-22)30(38)33-18-29(37)34-25(15-16-26(34)31(39)40)24-9-5-6-10-27(24)36/h2-14,25-26,28,36H,15-19H2,1H3,(H,33,38)(H,39,40)/t25?,26-,28?/m0/s1. The van der Waals surface area contributed by atoms with Gasteiger partial charge < -0.3 is 29.9 Å². The van der Waals surface area contributed by atoms with Crippen molar-refractivity contribution in [3.8, 4) is 11.5 Å². The van der Waals surface area contributed by atoms with E-state index in [2.05, 4.69) is 5.32 Å². The lowest BCUT2D eigenvalue weighted by Gasteiger charge is -2.29. The predicted molar refractivity (Wildman–Crippen MR) is 161 cm³/mol. The van der Waals surface area contributed by atoms with Crippen LogP contribution in [0, 0.1) is 0 Å². The maximum atomic E-state index is 13.3. The van der Waals surface area contributed by atoms with Gasteiger partial charge in [-0.3, -0.25) is 14.4 Å². The van der Waals surface area contributed by atoms with Gasteiger partial charge in [0.05, 0.1) is 17.8 Å². The molecule has 1 fully saturated rings. The van der Waals surface area contributed by atoms with Crippen LogP contribution in [-0.4, -0.2) is 62.0 Å². The molecule has 1 aliphatic rings. The minimum absolute atomic E-state index is 0.0520. The number of hydrogen-bond acceptors (Lipinski definition) is 9. The third-order valence-electron chi connectivity index (χ3n) is 7.01. The Hall–Kier alpha value is -4.84. The van der Waals surface area contributed by atoms with Crippen LogP contribution in [0.5, 0.6) is 11.5 Å². The lowest BCUT2D eigenvalue weighted by molar-refractivity contribution is -0.149. The number of carboxylic acids is 1. The lowest BCUT2D eigenvalue weighted by atomic mass is 10.0. The number of nitrogens with one attached hydrogen (secondary N) is 1. The van der Waals surface area contributed by atoms with Gasteiger partial charge in [0.15, 0.2) is 5.12 Å². The van der Waals surface area contributed by atoms with Crippen molar-refractivity contribution < 1.29 is 43.7 Å². The molecule has 0 saturated carbocycles. The molecule has 44 heavy (non-hydrogen) atoms. The van der Waals surface area contributed by atoms with Gasteiger partial charge in [0.25, 0.3) is 0 Å². The summed E-state index contributed by atoms with van der Waals surface area (Å²) >= 11 is 0.802. The second-order valence-electron chi connectivity index (χ2n) is 10.1. The van der Waals surface area contributed by atoms with E-state index < -0.39 is 47.8 Å². The fourth-order valence-corrected chi connectivity index (χ4v) is 5.85. The van der Waals surface area contributed by atoms with Gasteiger partial charge in [-0.2, -0.15) is 0 Å². The molecule has 0 aromatic heterocycles. The number of likely N-dealkylation sites (tertiary alicyclic amines) is 1. The molecule has 3 N–H and O–H groups in total. The molecular formula is C32H32N2O9S. The van der Waals surface area contributed by atoms with Gasteiger partial charge in [0.1, 0.15) is 24.1 Å². The lowest BCUT2D eigenvalue weighted by Crippen LogP contribution is -2.47. The van der Waals surface area contributed by atoms with Crippen molar-refractivity contribution in [2.24, 2.45) is 0 Å². The number of amides is 2. The Labute approximate surface area is 258 Å². The molecule has 2 unspecified atom stereocenters. The van der Waals surface area contributed by atoms with Crippen LogP contribution in [0.15, 0.2) is 78.9 Å². The highest BCUT2D eigenvalue weighted by Gasteiger charge is 2.42. The molecule has 0 radical (unpaired) electrons. The molecule has 4 rings (SSSR count). The summed E-state index contributed by atoms with van der Waals surface area (Å²) in [5.41, 5.74) is 1.91. The Morgan fingerprint density at radius 1 is 0.932 bits per heavy atom. The van der Waals surface area contributed by atoms with Gasteiger partial charge in [0, 0.05) is 12.5 Å². The molecule has 0 aliphatic carbocycles. The first-order valence-electron chi connectivity index (χ1n) is 13.9. The molecule has 3 aromatic rings. The number of ether oxygens (including phenoxy) is 2. The van der Waals surface area contributed by atoms with E-state index in [4.69, 9.17) is 9.47 Å². The summed E-state index contributed by atoms with van der Waals surface area (Å²) in [5.74, 6) is -2.19. The first kappa shape index (κ1) is 32.1. The average Bonchev–Trinajstić information content (AvgIpc) is 3.45. The number of phenols is 1. The molecule has 230 valence electrons. The SMILES string of the molecule is CC(=O)SC(Cc1ccc(OC(=O)OCc2ccccc2)cc1)C(=O)NCC(=O)N1C(c2ccccc2O)CC[C@H]1C(=O)O. The molecule has 3 atom stereocenters. The highest BCUT2D eigenvalue weighted by molar-refractivity contribution is 8.14. The maximum absolute atomic E-state index is 13.3. The van der Waals surface area contributed by atoms with Crippen LogP contribution in [0.3, 0.4) is 0 Å². The van der Waals surface area contributed by atoms with Crippen LogP contribution in [0.25, 0.3) is 0 Å². The highest BCUT2D eigenvalue weighted by atomic mass is 32.2. The minimum Gasteiger partial charge on any atom is -0.508 e. The number of aromatic hydroxyl groups is 1. The van der Waals surface area contributed by atoms with E-state index in [-0.39, 0.29) is 36.1 Å². The first-order chi connectivity index (χ1) is 21.1. The number of para-hydroxylation sites is 1. The summed E-state index contributed by atoms with van der Waals surface area (Å²) in [6, 6.07) is 20.1. The zero-order valence-electron chi connectivity index (χ0n) is 23.9. The third-order valence-corrected chi connectivity index (χ3v) is 8.01. The molecule has 2 amide bonds. The number of aliphatic carboxylic acids is 1. The van der Waals surface area contributed by atoms with Crippen molar-refractivity contribution in [1.29, 1.82) is 0 Å². The van der Waals surface area contributed by atoms with Gasteiger partial charge in [-0.1, -0.05) is 72.4 Å². The van der Waals surface area contributed by atoms with Gasteiger partial charge in [-0.25, -0.2) is 9.59 Å². The molecule has 3 aromatic carbocycles. The molecule has 12 heteroatoms. The van der Waals surface area contributed by atoms with Crippen molar-refractivity contribution in [1.82, 2.24) is 10.2 Å². The van der Waals surface area contributed by atoms with Gasteiger partial charge >= 0.3 is 12.1 Å². The fraction of sp³-hybridized carbons (Fsp3) is 0.281. The van der Waals surface area contributed by atoms with E-state index in [9.17, 15) is 34.2 Å². The van der Waals surface area contributed by atoms with Gasteiger partial charge in [-0.15, -0.1) is 0 Å². The zero-order chi connectivity index (χ0) is 31.6. The van der Waals surface area contributed by atoms with Crippen LogP contribution >= 0.6 is 11.8 Å². The van der Waals surface area contributed by atoms with E-state index >= 15 is 0 Å². The Balaban J connectivity index is 1.36. The van der Waals surface area contributed by atoms with Crippen molar-refractivity contribution in [2.45, 2.75) is 50.1 Å². The quantitative estimate of drug-likeness (QED) is 0.209. The number of rotatable bonds is 11.